The largest absolute Gasteiger partial charge is 0.496 e. The van der Waals surface area contributed by atoms with Crippen molar-refractivity contribution < 1.29 is 22.1 Å². The Morgan fingerprint density at radius 3 is 2.83 bits per heavy atom. The normalized spacial score (nSPS) is 11.7. The van der Waals surface area contributed by atoms with Gasteiger partial charge in [-0.15, -0.1) is 0 Å². The lowest BCUT2D eigenvalue weighted by atomic mass is 10.1. The number of nitrogens with zero attached hydrogens (tertiary/aromatic N) is 3. The third kappa shape index (κ3) is 3.54. The average Bonchev–Trinajstić information content (AvgIpc) is 3.33. The van der Waals surface area contributed by atoms with E-state index >= 15 is 0 Å². The summed E-state index contributed by atoms with van der Waals surface area (Å²) in [5, 5.41) is 8.31. The van der Waals surface area contributed by atoms with Crippen molar-refractivity contribution in [1.82, 2.24) is 14.9 Å². The van der Waals surface area contributed by atoms with Crippen molar-refractivity contribution in [2.75, 3.05) is 11.8 Å². The summed E-state index contributed by atoms with van der Waals surface area (Å²) in [6, 6.07) is 9.41. The Hall–Kier alpha value is -3.40. The molecule has 0 spiro atoms. The quantitative estimate of drug-likeness (QED) is 0.518. The molecule has 0 aliphatic heterocycles. The minimum atomic E-state index is -4.22. The summed E-state index contributed by atoms with van der Waals surface area (Å²) in [6.45, 7) is 1.96. The summed E-state index contributed by atoms with van der Waals surface area (Å²) in [5.41, 5.74) is 1.38. The molecule has 150 valence electrons. The number of hydrogen-bond donors (Lipinski definition) is 1. The van der Waals surface area contributed by atoms with Crippen LogP contribution in [0.5, 0.6) is 5.75 Å². The van der Waals surface area contributed by atoms with E-state index in [-0.39, 0.29) is 11.4 Å². The van der Waals surface area contributed by atoms with Gasteiger partial charge < -0.3 is 9.26 Å². The highest BCUT2D eigenvalue weighted by atomic mass is 32.2. The maximum Gasteiger partial charge on any atom is 0.266 e. The fourth-order valence-electron chi connectivity index (χ4n) is 3.00. The van der Waals surface area contributed by atoms with Crippen LogP contribution in [0.1, 0.15) is 11.1 Å². The van der Waals surface area contributed by atoms with Gasteiger partial charge in [-0.2, -0.15) is 5.10 Å². The lowest BCUT2D eigenvalue weighted by Gasteiger charge is -2.10. The van der Waals surface area contributed by atoms with Crippen LogP contribution in [0.2, 0.25) is 0 Å². The van der Waals surface area contributed by atoms with Gasteiger partial charge in [0.2, 0.25) is 0 Å². The molecule has 1 N–H and O–H groups in total. The van der Waals surface area contributed by atoms with Gasteiger partial charge in [-0.1, -0.05) is 17.3 Å². The molecule has 4 rings (SSSR count). The first-order valence-electron chi connectivity index (χ1n) is 8.60. The number of methoxy groups -OCH3 is 1. The number of halogens is 1. The van der Waals surface area contributed by atoms with Crippen LogP contribution in [-0.2, 0) is 16.6 Å². The van der Waals surface area contributed by atoms with Crippen molar-refractivity contribution in [2.45, 2.75) is 18.4 Å². The predicted molar refractivity (Wildman–Crippen MR) is 104 cm³/mol. The number of aromatic nitrogens is 3. The molecule has 0 fully saturated rings. The molecule has 2 heterocycles. The van der Waals surface area contributed by atoms with E-state index in [0.717, 1.165) is 5.56 Å². The summed E-state index contributed by atoms with van der Waals surface area (Å²) in [4.78, 5) is -0.470. The van der Waals surface area contributed by atoms with Gasteiger partial charge in [-0.3, -0.25) is 9.40 Å². The highest BCUT2D eigenvalue weighted by Crippen LogP contribution is 2.35. The molecule has 0 radical (unpaired) electrons. The number of ether oxygens (including phenoxy) is 1. The molecule has 0 saturated heterocycles. The van der Waals surface area contributed by atoms with Crippen LogP contribution >= 0.6 is 0 Å². The van der Waals surface area contributed by atoms with Gasteiger partial charge in [0, 0.05) is 12.4 Å². The Labute approximate surface area is 165 Å². The van der Waals surface area contributed by atoms with Gasteiger partial charge >= 0.3 is 0 Å². The molecule has 0 saturated carbocycles. The number of sulfonamides is 1. The zero-order chi connectivity index (χ0) is 20.6. The molecule has 10 heteroatoms. The third-order valence-corrected chi connectivity index (χ3v) is 5.75. The van der Waals surface area contributed by atoms with Crippen molar-refractivity contribution in [3.05, 3.63) is 65.7 Å². The fourth-order valence-corrected chi connectivity index (χ4v) is 4.16. The molecule has 0 atom stereocenters. The van der Waals surface area contributed by atoms with Crippen molar-refractivity contribution in [3.63, 3.8) is 0 Å². The van der Waals surface area contributed by atoms with Crippen LogP contribution in [0.4, 0.5) is 10.2 Å². The maximum atomic E-state index is 14.3. The van der Waals surface area contributed by atoms with Crippen molar-refractivity contribution >= 4 is 26.8 Å². The van der Waals surface area contributed by atoms with E-state index in [9.17, 15) is 12.8 Å². The maximum absolute atomic E-state index is 14.3. The molecule has 4 aromatic rings. The zero-order valence-corrected chi connectivity index (χ0v) is 16.4. The smallest absolute Gasteiger partial charge is 0.266 e. The van der Waals surface area contributed by atoms with Gasteiger partial charge in [-0.05, 0) is 42.3 Å². The number of aryl methyl sites for hydroxylation is 1. The first kappa shape index (κ1) is 18.9. The Morgan fingerprint density at radius 1 is 1.28 bits per heavy atom. The number of nitrogens with one attached hydrogen (secondary N) is 1. The predicted octanol–water partition coefficient (Wildman–Crippen LogP) is 3.33. The third-order valence-electron chi connectivity index (χ3n) is 4.40. The minimum absolute atomic E-state index is 0.0802. The van der Waals surface area contributed by atoms with Gasteiger partial charge in [0.15, 0.2) is 11.4 Å². The van der Waals surface area contributed by atoms with E-state index in [0.29, 0.717) is 23.3 Å². The van der Waals surface area contributed by atoms with E-state index in [1.54, 1.807) is 23.0 Å². The van der Waals surface area contributed by atoms with Crippen LogP contribution < -0.4 is 9.46 Å². The number of hydrogen-bond acceptors (Lipinski definition) is 6. The Kier molecular flexibility index (Phi) is 4.71. The minimum Gasteiger partial charge on any atom is -0.496 e. The summed E-state index contributed by atoms with van der Waals surface area (Å²) >= 11 is 0. The monoisotopic (exact) mass is 416 g/mol. The molecule has 0 unspecified atom stereocenters. The topological polar surface area (TPSA) is 99.2 Å². The van der Waals surface area contributed by atoms with Crippen LogP contribution in [0.25, 0.3) is 11.0 Å². The van der Waals surface area contributed by atoms with Crippen molar-refractivity contribution in [2.24, 2.45) is 0 Å². The average molecular weight is 416 g/mol. The van der Waals surface area contributed by atoms with Crippen LogP contribution in [0.3, 0.4) is 0 Å². The summed E-state index contributed by atoms with van der Waals surface area (Å²) in [7, 11) is -2.76. The Morgan fingerprint density at radius 2 is 2.10 bits per heavy atom. The van der Waals surface area contributed by atoms with Gasteiger partial charge in [0.05, 0.1) is 13.7 Å². The van der Waals surface area contributed by atoms with E-state index in [1.165, 1.54) is 32.2 Å². The lowest BCUT2D eigenvalue weighted by molar-refractivity contribution is 0.418. The molecule has 8 nitrogen and oxygen atoms in total. The molecular formula is C19H17FN4O4S. The molecule has 2 aromatic carbocycles. The molecule has 0 amide bonds. The molecule has 29 heavy (non-hydrogen) atoms. The fraction of sp³-hybridized carbons (Fsp3) is 0.158. The van der Waals surface area contributed by atoms with E-state index in [4.69, 9.17) is 9.26 Å². The number of benzene rings is 2. The highest BCUT2D eigenvalue weighted by molar-refractivity contribution is 7.92. The standard InChI is InChI=1S/C19H17FN4O4S/c1-12-5-3-6-16(18(12)20)29(25,26)23-19-17-14(27-2)9-13(10-15(17)28-22-19)11-24-8-4-7-21-24/h3-10H,11H2,1-2H3,(H,22,23). The van der Waals surface area contributed by atoms with Crippen molar-refractivity contribution in [3.8, 4) is 5.75 Å². The highest BCUT2D eigenvalue weighted by Gasteiger charge is 2.24. The van der Waals surface area contributed by atoms with Gasteiger partial charge in [-0.25, -0.2) is 12.8 Å². The van der Waals surface area contributed by atoms with Crippen LogP contribution in [0.15, 0.2) is 58.2 Å². The summed E-state index contributed by atoms with van der Waals surface area (Å²) in [6.07, 6.45) is 3.48. The molecule has 0 bridgehead atoms. The van der Waals surface area contributed by atoms with Gasteiger partial charge in [0.1, 0.15) is 21.8 Å². The molecule has 0 aliphatic carbocycles. The zero-order valence-electron chi connectivity index (χ0n) is 15.6. The SMILES string of the molecule is COc1cc(Cn2cccn2)cc2onc(NS(=O)(=O)c3cccc(C)c3F)c12. The molecular weight excluding hydrogens is 399 g/mol. The number of fused-ring (bicyclic) bond motifs is 1. The Bertz CT molecular complexity index is 1280. The lowest BCUT2D eigenvalue weighted by Crippen LogP contribution is -2.15. The van der Waals surface area contributed by atoms with Gasteiger partial charge in [0.25, 0.3) is 10.0 Å². The second-order valence-electron chi connectivity index (χ2n) is 6.40. The van der Waals surface area contributed by atoms with Crippen LogP contribution in [-0.4, -0.2) is 30.5 Å². The summed E-state index contributed by atoms with van der Waals surface area (Å²) < 4.78 is 54.5. The second-order valence-corrected chi connectivity index (χ2v) is 8.05. The first-order chi connectivity index (χ1) is 13.9. The summed E-state index contributed by atoms with van der Waals surface area (Å²) in [5.74, 6) is -0.530. The number of rotatable bonds is 6. The second kappa shape index (κ2) is 7.21. The van der Waals surface area contributed by atoms with E-state index < -0.39 is 20.7 Å². The van der Waals surface area contributed by atoms with E-state index in [2.05, 4.69) is 15.0 Å². The molecule has 0 aliphatic rings. The van der Waals surface area contributed by atoms with Crippen molar-refractivity contribution in [1.29, 1.82) is 0 Å². The van der Waals surface area contributed by atoms with E-state index in [1.807, 2.05) is 12.3 Å². The van der Waals surface area contributed by atoms with Crippen LogP contribution in [0, 0.1) is 12.7 Å². The number of anilines is 1. The molecule has 2 aromatic heterocycles. The first-order valence-corrected chi connectivity index (χ1v) is 10.1. The Balaban J connectivity index is 1.74.